The quantitative estimate of drug-likeness (QED) is 0.738. The van der Waals surface area contributed by atoms with Gasteiger partial charge in [-0.25, -0.2) is 0 Å². The van der Waals surface area contributed by atoms with Crippen molar-refractivity contribution in [3.8, 4) is 0 Å². The lowest BCUT2D eigenvalue weighted by molar-refractivity contribution is -0.119. The van der Waals surface area contributed by atoms with Crippen molar-refractivity contribution >= 4 is 17.7 Å². The number of nitrogens with one attached hydrogen (secondary N) is 1. The van der Waals surface area contributed by atoms with Crippen molar-refractivity contribution in [1.29, 1.82) is 0 Å². The molecule has 1 amide bonds. The van der Waals surface area contributed by atoms with Crippen LogP contribution in [0.2, 0.25) is 0 Å². The molecule has 0 aliphatic heterocycles. The summed E-state index contributed by atoms with van der Waals surface area (Å²) in [4.78, 5) is 11.2. The third kappa shape index (κ3) is 2.25. The molecule has 0 unspecified atom stereocenters. The van der Waals surface area contributed by atoms with Crippen molar-refractivity contribution in [2.45, 2.75) is 24.3 Å². The minimum Gasteiger partial charge on any atom is -0.358 e. The number of amides is 1. The van der Waals surface area contributed by atoms with Gasteiger partial charge in [-0.1, -0.05) is 11.8 Å². The monoisotopic (exact) mass is 214 g/mol. The summed E-state index contributed by atoms with van der Waals surface area (Å²) < 4.78 is 1.87. The van der Waals surface area contributed by atoms with E-state index in [1.54, 1.807) is 7.05 Å². The maximum atomic E-state index is 11.2. The molecule has 0 spiro atoms. The Bertz CT molecular complexity index is 336. The molecule has 1 aromatic heterocycles. The third-order valence-electron chi connectivity index (χ3n) is 1.95. The van der Waals surface area contributed by atoms with Crippen molar-refractivity contribution in [3.63, 3.8) is 0 Å². The zero-order valence-electron chi connectivity index (χ0n) is 8.74. The lowest BCUT2D eigenvalue weighted by atomic mass is 10.4. The molecule has 1 N–H and O–H groups in total. The number of hydrogen-bond donors (Lipinski definition) is 1. The van der Waals surface area contributed by atoms with Crippen molar-refractivity contribution < 1.29 is 4.79 Å². The van der Waals surface area contributed by atoms with E-state index in [1.165, 1.54) is 11.8 Å². The van der Waals surface area contributed by atoms with E-state index < -0.39 is 0 Å². The van der Waals surface area contributed by atoms with Crippen LogP contribution in [0.15, 0.2) is 5.16 Å². The number of rotatable bonds is 3. The summed E-state index contributed by atoms with van der Waals surface area (Å²) in [5, 5.41) is 11.1. The largest absolute Gasteiger partial charge is 0.358 e. The van der Waals surface area contributed by atoms with Gasteiger partial charge in [-0.3, -0.25) is 4.79 Å². The van der Waals surface area contributed by atoms with Gasteiger partial charge in [-0.15, -0.1) is 10.2 Å². The highest BCUT2D eigenvalue weighted by molar-refractivity contribution is 8.00. The Kier molecular flexibility index (Phi) is 3.51. The number of carbonyl (C=O) groups excluding carboxylic acids is 1. The molecule has 0 aromatic carbocycles. The Balaban J connectivity index is 2.69. The topological polar surface area (TPSA) is 59.8 Å². The fourth-order valence-corrected chi connectivity index (χ4v) is 1.82. The minimum absolute atomic E-state index is 0.00402. The Morgan fingerprint density at radius 1 is 1.57 bits per heavy atom. The van der Waals surface area contributed by atoms with Crippen LogP contribution in [0.25, 0.3) is 0 Å². The van der Waals surface area contributed by atoms with Crippen LogP contribution in [0, 0.1) is 6.92 Å². The van der Waals surface area contributed by atoms with Gasteiger partial charge in [-0.2, -0.15) is 0 Å². The van der Waals surface area contributed by atoms with E-state index in [1.807, 2.05) is 25.5 Å². The number of carbonyl (C=O) groups is 1. The van der Waals surface area contributed by atoms with Crippen LogP contribution in [-0.4, -0.2) is 33.0 Å². The van der Waals surface area contributed by atoms with E-state index in [0.717, 1.165) is 11.0 Å². The van der Waals surface area contributed by atoms with Crippen molar-refractivity contribution in [2.75, 3.05) is 7.05 Å². The van der Waals surface area contributed by atoms with Gasteiger partial charge in [0.25, 0.3) is 0 Å². The fourth-order valence-electron chi connectivity index (χ4n) is 0.905. The molecular weight excluding hydrogens is 200 g/mol. The number of hydrogen-bond acceptors (Lipinski definition) is 4. The average Bonchev–Trinajstić information content (AvgIpc) is 2.48. The van der Waals surface area contributed by atoms with E-state index in [2.05, 4.69) is 15.5 Å². The molecule has 5 nitrogen and oxygen atoms in total. The van der Waals surface area contributed by atoms with Gasteiger partial charge in [-0.05, 0) is 13.8 Å². The minimum atomic E-state index is -0.151. The summed E-state index contributed by atoms with van der Waals surface area (Å²) in [7, 11) is 3.51. The van der Waals surface area contributed by atoms with Gasteiger partial charge in [0.05, 0.1) is 5.25 Å². The van der Waals surface area contributed by atoms with Crippen LogP contribution >= 0.6 is 11.8 Å². The molecule has 0 bridgehead atoms. The molecule has 1 rings (SSSR count). The first-order valence-corrected chi connectivity index (χ1v) is 5.18. The molecule has 0 fully saturated rings. The first-order valence-electron chi connectivity index (χ1n) is 4.30. The smallest absolute Gasteiger partial charge is 0.233 e. The predicted octanol–water partition coefficient (Wildman–Crippen LogP) is 0.350. The van der Waals surface area contributed by atoms with Crippen LogP contribution in [0.1, 0.15) is 12.7 Å². The zero-order valence-corrected chi connectivity index (χ0v) is 9.55. The van der Waals surface area contributed by atoms with Crippen LogP contribution in [0.5, 0.6) is 0 Å². The zero-order chi connectivity index (χ0) is 10.7. The standard InChI is InChI=1S/C8H14N4OS/c1-5(7(13)9-3)14-8-11-10-6(2)12(8)4/h5H,1-4H3,(H,9,13)/t5-/m0/s1. The molecule has 0 saturated heterocycles. The van der Waals surface area contributed by atoms with Crippen molar-refractivity contribution in [2.24, 2.45) is 7.05 Å². The molecule has 78 valence electrons. The molecule has 0 aliphatic rings. The van der Waals surface area contributed by atoms with Crippen LogP contribution in [-0.2, 0) is 11.8 Å². The fraction of sp³-hybridized carbons (Fsp3) is 0.625. The van der Waals surface area contributed by atoms with E-state index in [4.69, 9.17) is 0 Å². The summed E-state index contributed by atoms with van der Waals surface area (Å²) in [6, 6.07) is 0. The molecule has 14 heavy (non-hydrogen) atoms. The summed E-state index contributed by atoms with van der Waals surface area (Å²) >= 11 is 1.40. The predicted molar refractivity (Wildman–Crippen MR) is 55.1 cm³/mol. The van der Waals surface area contributed by atoms with Gasteiger partial charge < -0.3 is 9.88 Å². The summed E-state index contributed by atoms with van der Waals surface area (Å²) in [6.45, 7) is 3.72. The molecule has 0 aliphatic carbocycles. The number of aryl methyl sites for hydroxylation is 1. The Morgan fingerprint density at radius 2 is 2.21 bits per heavy atom. The first kappa shape index (κ1) is 11.0. The van der Waals surface area contributed by atoms with Crippen LogP contribution in [0.3, 0.4) is 0 Å². The Morgan fingerprint density at radius 3 is 2.64 bits per heavy atom. The van der Waals surface area contributed by atoms with Crippen molar-refractivity contribution in [1.82, 2.24) is 20.1 Å². The summed E-state index contributed by atoms with van der Waals surface area (Å²) in [6.07, 6.45) is 0. The van der Waals surface area contributed by atoms with Crippen LogP contribution in [0.4, 0.5) is 0 Å². The highest BCUT2D eigenvalue weighted by Crippen LogP contribution is 2.20. The lowest BCUT2D eigenvalue weighted by Gasteiger charge is -2.08. The first-order chi connectivity index (χ1) is 6.56. The number of nitrogens with zero attached hydrogens (tertiary/aromatic N) is 3. The number of aromatic nitrogens is 3. The molecule has 1 atom stereocenters. The summed E-state index contributed by atoms with van der Waals surface area (Å²) in [5.74, 6) is 0.840. The Hall–Kier alpha value is -1.04. The SMILES string of the molecule is CNC(=O)[C@H](C)Sc1nnc(C)n1C. The maximum Gasteiger partial charge on any atom is 0.233 e. The molecule has 1 aromatic rings. The molecular formula is C8H14N4OS. The second kappa shape index (κ2) is 4.45. The van der Waals surface area contributed by atoms with E-state index in [9.17, 15) is 4.79 Å². The van der Waals surface area contributed by atoms with E-state index in [-0.39, 0.29) is 11.2 Å². The van der Waals surface area contributed by atoms with E-state index in [0.29, 0.717) is 0 Å². The highest BCUT2D eigenvalue weighted by Gasteiger charge is 2.16. The van der Waals surface area contributed by atoms with Gasteiger partial charge >= 0.3 is 0 Å². The van der Waals surface area contributed by atoms with Crippen LogP contribution < -0.4 is 5.32 Å². The number of thioether (sulfide) groups is 1. The molecule has 1 heterocycles. The van der Waals surface area contributed by atoms with Gasteiger partial charge in [0.2, 0.25) is 5.91 Å². The van der Waals surface area contributed by atoms with Gasteiger partial charge in [0.15, 0.2) is 5.16 Å². The molecule has 6 heteroatoms. The second-order valence-electron chi connectivity index (χ2n) is 2.96. The Labute approximate surface area is 87.3 Å². The average molecular weight is 214 g/mol. The molecule has 0 radical (unpaired) electrons. The third-order valence-corrected chi connectivity index (χ3v) is 3.08. The van der Waals surface area contributed by atoms with Gasteiger partial charge in [0, 0.05) is 14.1 Å². The van der Waals surface area contributed by atoms with Crippen molar-refractivity contribution in [3.05, 3.63) is 5.82 Å². The summed E-state index contributed by atoms with van der Waals surface area (Å²) in [5.41, 5.74) is 0. The maximum absolute atomic E-state index is 11.2. The normalized spacial score (nSPS) is 12.6. The molecule has 0 saturated carbocycles. The van der Waals surface area contributed by atoms with E-state index >= 15 is 0 Å². The lowest BCUT2D eigenvalue weighted by Crippen LogP contribution is -2.27. The highest BCUT2D eigenvalue weighted by atomic mass is 32.2. The second-order valence-corrected chi connectivity index (χ2v) is 4.27. The van der Waals surface area contributed by atoms with Gasteiger partial charge in [0.1, 0.15) is 5.82 Å².